The lowest BCUT2D eigenvalue weighted by Gasteiger charge is -2.11. The van der Waals surface area contributed by atoms with E-state index in [-0.39, 0.29) is 5.69 Å². The molecule has 1 heterocycles. The third-order valence-electron chi connectivity index (χ3n) is 2.59. The smallest absolute Gasteiger partial charge is 0.332 e. The van der Waals surface area contributed by atoms with Gasteiger partial charge in [0.2, 0.25) is 0 Å². The Morgan fingerprint density at radius 3 is 2.50 bits per heavy atom. The highest BCUT2D eigenvalue weighted by molar-refractivity contribution is 5.42. The summed E-state index contributed by atoms with van der Waals surface area (Å²) >= 11 is 0. The normalized spacial score (nSPS) is 12.7. The van der Waals surface area contributed by atoms with Crippen molar-refractivity contribution < 1.29 is 5.11 Å². The van der Waals surface area contributed by atoms with Gasteiger partial charge in [0.1, 0.15) is 0 Å². The lowest BCUT2D eigenvalue weighted by molar-refractivity contribution is 0.199. The highest BCUT2D eigenvalue weighted by Crippen LogP contribution is 2.19. The SMILES string of the molecule is CC(O)c1ccccc1-n1ccn(C)c1=O. The molecule has 1 N–H and O–H groups in total. The van der Waals surface area contributed by atoms with Gasteiger partial charge >= 0.3 is 5.69 Å². The average molecular weight is 218 g/mol. The van der Waals surface area contributed by atoms with Gasteiger partial charge in [-0.1, -0.05) is 18.2 Å². The summed E-state index contributed by atoms with van der Waals surface area (Å²) in [5.74, 6) is 0. The molecule has 0 aliphatic rings. The van der Waals surface area contributed by atoms with Crippen molar-refractivity contribution in [3.63, 3.8) is 0 Å². The molecule has 0 saturated carbocycles. The molecule has 0 amide bonds. The lowest BCUT2D eigenvalue weighted by atomic mass is 10.1. The topological polar surface area (TPSA) is 47.2 Å². The molecule has 1 aromatic carbocycles. The van der Waals surface area contributed by atoms with Gasteiger partial charge in [-0.3, -0.25) is 4.57 Å². The number of aryl methyl sites for hydroxylation is 1. The number of hydrogen-bond acceptors (Lipinski definition) is 2. The second kappa shape index (κ2) is 3.98. The molecule has 0 aliphatic carbocycles. The van der Waals surface area contributed by atoms with Crippen LogP contribution in [0, 0.1) is 0 Å². The van der Waals surface area contributed by atoms with Crippen LogP contribution < -0.4 is 5.69 Å². The second-order valence-corrected chi connectivity index (χ2v) is 3.80. The van der Waals surface area contributed by atoms with Crippen molar-refractivity contribution in [1.82, 2.24) is 9.13 Å². The Balaban J connectivity index is 2.65. The fraction of sp³-hybridized carbons (Fsp3) is 0.250. The molecule has 4 nitrogen and oxygen atoms in total. The summed E-state index contributed by atoms with van der Waals surface area (Å²) in [6, 6.07) is 7.34. The van der Waals surface area contributed by atoms with Crippen molar-refractivity contribution in [2.75, 3.05) is 0 Å². The van der Waals surface area contributed by atoms with Crippen LogP contribution in [0.3, 0.4) is 0 Å². The van der Waals surface area contributed by atoms with Crippen LogP contribution in [0.25, 0.3) is 5.69 Å². The number of aliphatic hydroxyl groups excluding tert-OH is 1. The number of hydrogen-bond donors (Lipinski definition) is 1. The Morgan fingerprint density at radius 2 is 1.94 bits per heavy atom. The molecule has 0 bridgehead atoms. The van der Waals surface area contributed by atoms with E-state index in [0.717, 1.165) is 11.3 Å². The molecule has 1 atom stereocenters. The summed E-state index contributed by atoms with van der Waals surface area (Å²) < 4.78 is 3.03. The van der Waals surface area contributed by atoms with E-state index >= 15 is 0 Å². The maximum absolute atomic E-state index is 11.8. The van der Waals surface area contributed by atoms with E-state index in [1.54, 1.807) is 26.4 Å². The summed E-state index contributed by atoms with van der Waals surface area (Å²) in [4.78, 5) is 11.8. The second-order valence-electron chi connectivity index (χ2n) is 3.80. The van der Waals surface area contributed by atoms with Gasteiger partial charge in [-0.25, -0.2) is 4.79 Å². The number of rotatable bonds is 2. The van der Waals surface area contributed by atoms with Crippen LogP contribution >= 0.6 is 0 Å². The Bertz CT molecular complexity index is 552. The van der Waals surface area contributed by atoms with Gasteiger partial charge in [-0.15, -0.1) is 0 Å². The molecule has 0 spiro atoms. The summed E-state index contributed by atoms with van der Waals surface area (Å²) in [6.07, 6.45) is 2.80. The Kier molecular flexibility index (Phi) is 2.66. The van der Waals surface area contributed by atoms with E-state index in [1.165, 1.54) is 9.13 Å². The fourth-order valence-corrected chi connectivity index (χ4v) is 1.71. The molecule has 0 aliphatic heterocycles. The standard InChI is InChI=1S/C12H14N2O2/c1-9(15)10-5-3-4-6-11(10)14-8-7-13(2)12(14)16/h3-9,15H,1-2H3. The van der Waals surface area contributed by atoms with E-state index in [2.05, 4.69) is 0 Å². The van der Waals surface area contributed by atoms with E-state index < -0.39 is 6.10 Å². The average Bonchev–Trinajstić information content (AvgIpc) is 2.60. The zero-order chi connectivity index (χ0) is 11.7. The molecule has 4 heteroatoms. The zero-order valence-electron chi connectivity index (χ0n) is 9.29. The number of aromatic nitrogens is 2. The largest absolute Gasteiger partial charge is 0.389 e. The lowest BCUT2D eigenvalue weighted by Crippen LogP contribution is -2.21. The molecule has 16 heavy (non-hydrogen) atoms. The number of imidazole rings is 1. The number of para-hydroxylation sites is 1. The van der Waals surface area contributed by atoms with Gasteiger partial charge in [-0.05, 0) is 13.0 Å². The molecule has 1 unspecified atom stereocenters. The van der Waals surface area contributed by atoms with E-state index in [0.29, 0.717) is 0 Å². The van der Waals surface area contributed by atoms with E-state index in [9.17, 15) is 9.90 Å². The minimum absolute atomic E-state index is 0.117. The predicted molar refractivity (Wildman–Crippen MR) is 61.6 cm³/mol. The van der Waals surface area contributed by atoms with Crippen LogP contribution in [0.2, 0.25) is 0 Å². The molecule has 0 fully saturated rings. The van der Waals surface area contributed by atoms with Crippen molar-refractivity contribution >= 4 is 0 Å². The first-order valence-corrected chi connectivity index (χ1v) is 5.12. The van der Waals surface area contributed by atoms with Crippen LogP contribution in [-0.4, -0.2) is 14.2 Å². The van der Waals surface area contributed by atoms with Gasteiger partial charge in [0.05, 0.1) is 11.8 Å². The molecule has 84 valence electrons. The van der Waals surface area contributed by atoms with Crippen molar-refractivity contribution in [2.45, 2.75) is 13.0 Å². The Morgan fingerprint density at radius 1 is 1.25 bits per heavy atom. The van der Waals surface area contributed by atoms with Crippen molar-refractivity contribution in [2.24, 2.45) is 7.05 Å². The zero-order valence-corrected chi connectivity index (χ0v) is 9.29. The molecule has 2 aromatic rings. The molecule has 0 radical (unpaired) electrons. The van der Waals surface area contributed by atoms with Crippen LogP contribution in [0.4, 0.5) is 0 Å². The minimum Gasteiger partial charge on any atom is -0.389 e. The number of aliphatic hydroxyl groups is 1. The highest BCUT2D eigenvalue weighted by atomic mass is 16.3. The monoisotopic (exact) mass is 218 g/mol. The van der Waals surface area contributed by atoms with Gasteiger partial charge in [0.25, 0.3) is 0 Å². The summed E-state index contributed by atoms with van der Waals surface area (Å²) in [5.41, 5.74) is 1.35. The number of benzene rings is 1. The van der Waals surface area contributed by atoms with Crippen molar-refractivity contribution in [3.05, 3.63) is 52.7 Å². The third kappa shape index (κ3) is 1.67. The van der Waals surface area contributed by atoms with Crippen LogP contribution in [0.15, 0.2) is 41.5 Å². The first kappa shape index (κ1) is 10.7. The van der Waals surface area contributed by atoms with Gasteiger partial charge in [-0.2, -0.15) is 0 Å². The summed E-state index contributed by atoms with van der Waals surface area (Å²) in [7, 11) is 1.70. The summed E-state index contributed by atoms with van der Waals surface area (Å²) in [5, 5.41) is 9.64. The first-order valence-electron chi connectivity index (χ1n) is 5.12. The molecular weight excluding hydrogens is 204 g/mol. The third-order valence-corrected chi connectivity index (χ3v) is 2.59. The van der Waals surface area contributed by atoms with Gasteiger partial charge in [0, 0.05) is 25.0 Å². The first-order chi connectivity index (χ1) is 7.61. The van der Waals surface area contributed by atoms with E-state index in [4.69, 9.17) is 0 Å². The molecule has 2 rings (SSSR count). The van der Waals surface area contributed by atoms with Gasteiger partial charge in [0.15, 0.2) is 0 Å². The minimum atomic E-state index is -0.594. The van der Waals surface area contributed by atoms with Crippen molar-refractivity contribution in [3.8, 4) is 5.69 Å². The highest BCUT2D eigenvalue weighted by Gasteiger charge is 2.10. The molecule has 1 aromatic heterocycles. The number of nitrogens with zero attached hydrogens (tertiary/aromatic N) is 2. The maximum atomic E-state index is 11.8. The Labute approximate surface area is 93.4 Å². The molecule has 0 saturated heterocycles. The maximum Gasteiger partial charge on any atom is 0.332 e. The molecular formula is C12H14N2O2. The summed E-state index contributed by atoms with van der Waals surface area (Å²) in [6.45, 7) is 1.69. The fourth-order valence-electron chi connectivity index (χ4n) is 1.71. The van der Waals surface area contributed by atoms with Crippen molar-refractivity contribution in [1.29, 1.82) is 0 Å². The van der Waals surface area contributed by atoms with Gasteiger partial charge < -0.3 is 9.67 Å². The van der Waals surface area contributed by atoms with Crippen LogP contribution in [0.1, 0.15) is 18.6 Å². The van der Waals surface area contributed by atoms with E-state index in [1.807, 2.05) is 24.3 Å². The quantitative estimate of drug-likeness (QED) is 0.824. The van der Waals surface area contributed by atoms with Crippen LogP contribution in [0.5, 0.6) is 0 Å². The predicted octanol–water partition coefficient (Wildman–Crippen LogP) is 1.23. The van der Waals surface area contributed by atoms with Crippen LogP contribution in [-0.2, 0) is 7.05 Å². The Hall–Kier alpha value is -1.81.